The molecule has 0 bridgehead atoms. The number of carbonyl (C=O) groups is 2. The van der Waals surface area contributed by atoms with Gasteiger partial charge in [-0.25, -0.2) is 0 Å². The summed E-state index contributed by atoms with van der Waals surface area (Å²) in [4.78, 5) is 39.8. The van der Waals surface area contributed by atoms with Crippen LogP contribution in [0.4, 0.5) is 5.69 Å². The van der Waals surface area contributed by atoms with Crippen molar-refractivity contribution in [3.05, 3.63) is 105 Å². The van der Waals surface area contributed by atoms with Crippen LogP contribution in [0.5, 0.6) is 0 Å². The summed E-state index contributed by atoms with van der Waals surface area (Å²) in [7, 11) is 0. The van der Waals surface area contributed by atoms with Crippen molar-refractivity contribution in [3.8, 4) is 0 Å². The number of aryl methyl sites for hydroxylation is 2. The Kier molecular flexibility index (Phi) is 5.70. The van der Waals surface area contributed by atoms with E-state index in [9.17, 15) is 14.4 Å². The molecule has 0 aliphatic carbocycles. The molecule has 2 aromatic heterocycles. The first-order valence-corrected chi connectivity index (χ1v) is 11.4. The number of nitrogens with zero attached hydrogens (tertiary/aromatic N) is 2. The van der Waals surface area contributed by atoms with Crippen LogP contribution >= 0.6 is 11.6 Å². The third-order valence-corrected chi connectivity index (χ3v) is 6.02. The molecule has 0 atom stereocenters. The fraction of sp³-hybridized carbons (Fsp3) is 0.111. The second-order valence-corrected chi connectivity index (χ2v) is 8.54. The number of anilines is 1. The zero-order valence-electron chi connectivity index (χ0n) is 19.0. The molecule has 0 fully saturated rings. The van der Waals surface area contributed by atoms with Gasteiger partial charge in [-0.3, -0.25) is 19.1 Å². The summed E-state index contributed by atoms with van der Waals surface area (Å²) in [5.74, 6) is -1.16. The number of amides is 1. The number of rotatable bonds is 5. The largest absolute Gasteiger partial charge is 0.450 e. The lowest BCUT2D eigenvalue weighted by Crippen LogP contribution is -2.27. The maximum absolute atomic E-state index is 13.4. The van der Waals surface area contributed by atoms with Gasteiger partial charge in [-0.15, -0.1) is 0 Å². The van der Waals surface area contributed by atoms with Crippen LogP contribution in [0.2, 0.25) is 5.02 Å². The van der Waals surface area contributed by atoms with Crippen molar-refractivity contribution in [1.29, 1.82) is 0 Å². The summed E-state index contributed by atoms with van der Waals surface area (Å²) in [6.45, 7) is 4.22. The molecule has 0 saturated heterocycles. The number of hydrogen-bond acceptors (Lipinski definition) is 5. The lowest BCUT2D eigenvalue weighted by molar-refractivity contribution is 0.101. The highest BCUT2D eigenvalue weighted by Gasteiger charge is 2.26. The Labute approximate surface area is 204 Å². The van der Waals surface area contributed by atoms with Crippen LogP contribution in [-0.4, -0.2) is 21.5 Å². The Balaban J connectivity index is 1.63. The number of halogens is 1. The second-order valence-electron chi connectivity index (χ2n) is 8.11. The van der Waals surface area contributed by atoms with E-state index in [1.165, 1.54) is 6.07 Å². The molecule has 0 saturated carbocycles. The van der Waals surface area contributed by atoms with Crippen molar-refractivity contribution in [1.82, 2.24) is 9.78 Å². The van der Waals surface area contributed by atoms with Gasteiger partial charge >= 0.3 is 0 Å². The van der Waals surface area contributed by atoms with Gasteiger partial charge in [0.15, 0.2) is 11.5 Å². The number of para-hydroxylation sites is 1. The van der Waals surface area contributed by atoms with Crippen LogP contribution in [-0.2, 0) is 6.54 Å². The van der Waals surface area contributed by atoms with Crippen molar-refractivity contribution in [2.45, 2.75) is 20.4 Å². The third-order valence-electron chi connectivity index (χ3n) is 5.79. The molecule has 8 heteroatoms. The van der Waals surface area contributed by atoms with Crippen LogP contribution < -0.4 is 10.7 Å². The van der Waals surface area contributed by atoms with Gasteiger partial charge in [-0.2, -0.15) is 5.10 Å². The first-order valence-electron chi connectivity index (χ1n) is 11.0. The number of furan rings is 1. The molecule has 0 spiro atoms. The fourth-order valence-corrected chi connectivity index (χ4v) is 4.16. The Morgan fingerprint density at radius 3 is 2.51 bits per heavy atom. The predicted molar refractivity (Wildman–Crippen MR) is 135 cm³/mol. The van der Waals surface area contributed by atoms with Crippen molar-refractivity contribution in [2.24, 2.45) is 0 Å². The molecule has 0 radical (unpaired) electrons. The van der Waals surface area contributed by atoms with Crippen molar-refractivity contribution < 1.29 is 14.0 Å². The van der Waals surface area contributed by atoms with E-state index in [2.05, 4.69) is 10.4 Å². The van der Waals surface area contributed by atoms with E-state index in [1.54, 1.807) is 53.2 Å². The van der Waals surface area contributed by atoms with E-state index in [4.69, 9.17) is 16.0 Å². The van der Waals surface area contributed by atoms with Gasteiger partial charge in [0, 0.05) is 22.5 Å². The number of benzene rings is 3. The predicted octanol–water partition coefficient (Wildman–Crippen LogP) is 5.61. The number of aromatic nitrogens is 2. The zero-order valence-corrected chi connectivity index (χ0v) is 19.7. The van der Waals surface area contributed by atoms with Gasteiger partial charge < -0.3 is 9.73 Å². The normalized spacial score (nSPS) is 11.2. The molecule has 1 amide bonds. The molecule has 0 unspecified atom stereocenters. The second kappa shape index (κ2) is 8.85. The van der Waals surface area contributed by atoms with Crippen LogP contribution in [0, 0.1) is 6.92 Å². The van der Waals surface area contributed by atoms with Gasteiger partial charge in [0.2, 0.25) is 11.2 Å². The molecule has 1 N–H and O–H groups in total. The SMILES string of the molecule is CCn1nc(C(=O)Nc2c(C(=O)c3ccc(C)cc3)oc3ccccc23)c(=O)c2cc(Cl)ccc21. The summed E-state index contributed by atoms with van der Waals surface area (Å²) < 4.78 is 7.42. The van der Waals surface area contributed by atoms with Crippen LogP contribution in [0.3, 0.4) is 0 Å². The molecule has 0 aliphatic rings. The molecule has 2 heterocycles. The topological polar surface area (TPSA) is 94.2 Å². The quantitative estimate of drug-likeness (QED) is 0.327. The maximum atomic E-state index is 13.4. The summed E-state index contributed by atoms with van der Waals surface area (Å²) in [6, 6.07) is 18.9. The number of hydrogen-bond donors (Lipinski definition) is 1. The van der Waals surface area contributed by atoms with Gasteiger partial charge in [0.25, 0.3) is 5.91 Å². The standard InChI is InChI=1S/C27H20ClN3O4/c1-3-31-20-13-12-17(28)14-19(20)25(33)23(30-31)27(34)29-22-18-6-4-5-7-21(18)35-26(22)24(32)16-10-8-15(2)9-11-16/h4-14H,3H2,1-2H3,(H,29,34). The van der Waals surface area contributed by atoms with E-state index in [1.807, 2.05) is 26.0 Å². The molecule has 5 aromatic rings. The molecular weight excluding hydrogens is 466 g/mol. The lowest BCUT2D eigenvalue weighted by Gasteiger charge is -2.11. The molecular formula is C27H20ClN3O4. The molecule has 35 heavy (non-hydrogen) atoms. The van der Waals surface area contributed by atoms with Gasteiger partial charge in [0.05, 0.1) is 16.6 Å². The molecule has 7 nitrogen and oxygen atoms in total. The summed E-state index contributed by atoms with van der Waals surface area (Å²) in [5, 5.41) is 8.21. The minimum Gasteiger partial charge on any atom is -0.450 e. The first-order chi connectivity index (χ1) is 16.9. The van der Waals surface area contributed by atoms with Crippen LogP contribution in [0.15, 0.2) is 75.9 Å². The Bertz CT molecular complexity index is 1680. The average molecular weight is 486 g/mol. The molecule has 0 aliphatic heterocycles. The zero-order chi connectivity index (χ0) is 24.7. The van der Waals surface area contributed by atoms with E-state index in [0.29, 0.717) is 33.6 Å². The van der Waals surface area contributed by atoms with E-state index in [-0.39, 0.29) is 28.3 Å². The highest BCUT2D eigenvalue weighted by molar-refractivity contribution is 6.31. The molecule has 3 aromatic carbocycles. The minimum atomic E-state index is -0.747. The van der Waals surface area contributed by atoms with E-state index >= 15 is 0 Å². The monoisotopic (exact) mass is 485 g/mol. The number of fused-ring (bicyclic) bond motifs is 2. The molecule has 5 rings (SSSR count). The highest BCUT2D eigenvalue weighted by atomic mass is 35.5. The van der Waals surface area contributed by atoms with Crippen LogP contribution in [0.25, 0.3) is 21.9 Å². The fourth-order valence-electron chi connectivity index (χ4n) is 3.99. The summed E-state index contributed by atoms with van der Waals surface area (Å²) >= 11 is 6.10. The van der Waals surface area contributed by atoms with E-state index < -0.39 is 11.3 Å². The Hall–Kier alpha value is -4.23. The van der Waals surface area contributed by atoms with Crippen molar-refractivity contribution in [2.75, 3.05) is 5.32 Å². The summed E-state index contributed by atoms with van der Waals surface area (Å²) in [6.07, 6.45) is 0. The maximum Gasteiger partial charge on any atom is 0.280 e. The van der Waals surface area contributed by atoms with Crippen LogP contribution in [0.1, 0.15) is 39.1 Å². The van der Waals surface area contributed by atoms with Crippen molar-refractivity contribution >= 4 is 50.9 Å². The lowest BCUT2D eigenvalue weighted by atomic mass is 10.1. The third kappa shape index (κ3) is 4.00. The Morgan fingerprint density at radius 2 is 1.77 bits per heavy atom. The Morgan fingerprint density at radius 1 is 1.03 bits per heavy atom. The minimum absolute atomic E-state index is 0.0250. The molecule has 174 valence electrons. The van der Waals surface area contributed by atoms with E-state index in [0.717, 1.165) is 5.56 Å². The number of carbonyl (C=O) groups excluding carboxylic acids is 2. The highest BCUT2D eigenvalue weighted by Crippen LogP contribution is 2.33. The smallest absolute Gasteiger partial charge is 0.280 e. The first kappa shape index (κ1) is 22.6. The number of ketones is 1. The average Bonchev–Trinajstić information content (AvgIpc) is 3.22. The van der Waals surface area contributed by atoms with Crippen molar-refractivity contribution in [3.63, 3.8) is 0 Å². The van der Waals surface area contributed by atoms with Gasteiger partial charge in [0.1, 0.15) is 5.58 Å². The van der Waals surface area contributed by atoms with Gasteiger partial charge in [-0.1, -0.05) is 53.6 Å². The summed E-state index contributed by atoms with van der Waals surface area (Å²) in [5.41, 5.74) is 1.76. The van der Waals surface area contributed by atoms with Gasteiger partial charge in [-0.05, 0) is 44.2 Å². The number of nitrogens with one attached hydrogen (secondary N) is 1.